The van der Waals surface area contributed by atoms with E-state index in [1.54, 1.807) is 37.7 Å². The third-order valence-electron chi connectivity index (χ3n) is 6.66. The summed E-state index contributed by atoms with van der Waals surface area (Å²) in [7, 11) is 1.73. The molecule has 2 fully saturated rings. The molecule has 4 unspecified atom stereocenters. The molecule has 1 N–H and O–H groups in total. The van der Waals surface area contributed by atoms with Crippen LogP contribution in [-0.2, 0) is 31.6 Å². The zero-order valence-electron chi connectivity index (χ0n) is 22.4. The Hall–Kier alpha value is -2.43. The first-order chi connectivity index (χ1) is 19.0. The fourth-order valence-corrected chi connectivity index (χ4v) is 6.03. The Balaban J connectivity index is 1.41. The molecule has 0 radical (unpaired) electrons. The number of hydrogen-bond donors (Lipinski definition) is 1. The van der Waals surface area contributed by atoms with Gasteiger partial charge in [0.15, 0.2) is 0 Å². The van der Waals surface area contributed by atoms with Gasteiger partial charge in [0.25, 0.3) is 0 Å². The summed E-state index contributed by atoms with van der Waals surface area (Å²) < 4.78 is 63.7. The first-order valence-electron chi connectivity index (χ1n) is 12.8. The maximum absolute atomic E-state index is 13.4. The Morgan fingerprint density at radius 3 is 2.60 bits per heavy atom. The number of rotatable bonds is 12. The normalized spacial score (nSPS) is 22.7. The van der Waals surface area contributed by atoms with Crippen LogP contribution in [0.2, 0.25) is 5.02 Å². The second-order valence-corrected chi connectivity index (χ2v) is 11.5. The van der Waals surface area contributed by atoms with Gasteiger partial charge in [-0.3, -0.25) is 9.79 Å². The average Bonchev–Trinajstić information content (AvgIpc) is 3.60. The zero-order chi connectivity index (χ0) is 28.9. The Morgan fingerprint density at radius 1 is 1.25 bits per heavy atom. The summed E-state index contributed by atoms with van der Waals surface area (Å²) in [6.07, 6.45) is -1.60. The number of benzene rings is 2. The molecule has 0 spiro atoms. The second-order valence-electron chi connectivity index (χ2n) is 9.92. The summed E-state index contributed by atoms with van der Waals surface area (Å²) in [6.45, 7) is 1.79. The van der Waals surface area contributed by atoms with E-state index in [4.69, 9.17) is 30.1 Å². The van der Waals surface area contributed by atoms with Crippen molar-refractivity contribution in [2.24, 2.45) is 10.9 Å². The maximum Gasteiger partial charge on any atom is 0.416 e. The lowest BCUT2D eigenvalue weighted by Crippen LogP contribution is -2.39. The Kier molecular flexibility index (Phi) is 9.95. The summed E-state index contributed by atoms with van der Waals surface area (Å²) in [4.78, 5) is 19.0. The lowest BCUT2D eigenvalue weighted by molar-refractivity contribution is -0.150. The molecule has 1 heterocycles. The van der Waals surface area contributed by atoms with E-state index in [0.29, 0.717) is 23.6 Å². The molecule has 2 aromatic carbocycles. The first-order valence-corrected chi connectivity index (χ1v) is 14.3. The highest BCUT2D eigenvalue weighted by molar-refractivity contribution is 7.45. The minimum Gasteiger partial charge on any atom is -0.459 e. The van der Waals surface area contributed by atoms with Crippen molar-refractivity contribution in [2.75, 3.05) is 20.7 Å². The molecule has 13 heteroatoms. The van der Waals surface area contributed by atoms with Gasteiger partial charge < -0.3 is 23.4 Å². The van der Waals surface area contributed by atoms with Gasteiger partial charge in [0.1, 0.15) is 24.1 Å². The number of halogens is 4. The molecule has 218 valence electrons. The minimum absolute atomic E-state index is 0.116. The van der Waals surface area contributed by atoms with Gasteiger partial charge in [-0.15, -0.1) is 0 Å². The van der Waals surface area contributed by atoms with Crippen molar-refractivity contribution in [2.45, 2.75) is 56.8 Å². The van der Waals surface area contributed by atoms with E-state index in [-0.39, 0.29) is 30.4 Å². The van der Waals surface area contributed by atoms with Crippen molar-refractivity contribution in [3.8, 4) is 5.75 Å². The van der Waals surface area contributed by atoms with Crippen molar-refractivity contribution in [3.05, 3.63) is 64.7 Å². The molecular formula is C27H32ClF3N3O5P. The van der Waals surface area contributed by atoms with E-state index in [2.05, 4.69) is 17.0 Å². The molecule has 0 aromatic heterocycles. The summed E-state index contributed by atoms with van der Waals surface area (Å²) in [5.41, 5.74) is -2.07. The monoisotopic (exact) mass is 601 g/mol. The number of alkyl halides is 3. The van der Waals surface area contributed by atoms with Crippen LogP contribution in [0.15, 0.2) is 53.5 Å². The summed E-state index contributed by atoms with van der Waals surface area (Å²) >= 11 is 5.99. The third kappa shape index (κ3) is 7.85. The molecule has 0 amide bonds. The van der Waals surface area contributed by atoms with Gasteiger partial charge in [-0.05, 0) is 49.6 Å². The van der Waals surface area contributed by atoms with E-state index in [1.807, 2.05) is 11.9 Å². The fraction of sp³-hybridized carbons (Fsp3) is 0.481. The van der Waals surface area contributed by atoms with Crippen molar-refractivity contribution in [1.82, 2.24) is 9.99 Å². The highest BCUT2D eigenvalue weighted by Crippen LogP contribution is 2.47. The van der Waals surface area contributed by atoms with Crippen LogP contribution in [0.1, 0.15) is 37.3 Å². The zero-order valence-corrected chi connectivity index (χ0v) is 24.0. The number of nitrogens with one attached hydrogen (secondary N) is 1. The molecule has 1 aliphatic carbocycles. The smallest absolute Gasteiger partial charge is 0.416 e. The summed E-state index contributed by atoms with van der Waals surface area (Å²) in [5, 5.41) is 3.67. The summed E-state index contributed by atoms with van der Waals surface area (Å²) in [5.74, 6) is 0.0487. The number of ether oxygens (including phenoxy) is 2. The van der Waals surface area contributed by atoms with Crippen LogP contribution in [0.5, 0.6) is 5.75 Å². The molecule has 1 saturated heterocycles. The molecule has 1 saturated carbocycles. The average molecular weight is 602 g/mol. The maximum atomic E-state index is 13.4. The van der Waals surface area contributed by atoms with Gasteiger partial charge in [0, 0.05) is 30.6 Å². The number of carbonyl (C=O) groups is 1. The van der Waals surface area contributed by atoms with Gasteiger partial charge in [-0.2, -0.15) is 13.2 Å². The van der Waals surface area contributed by atoms with E-state index >= 15 is 0 Å². The van der Waals surface area contributed by atoms with Gasteiger partial charge in [0.05, 0.1) is 24.6 Å². The molecule has 2 aliphatic rings. The van der Waals surface area contributed by atoms with Crippen LogP contribution in [0.25, 0.3) is 0 Å². The van der Waals surface area contributed by atoms with Crippen LogP contribution in [-0.4, -0.2) is 55.8 Å². The number of aliphatic imine (C=N–C) groups is 1. The number of esters is 1. The van der Waals surface area contributed by atoms with Crippen molar-refractivity contribution < 1.29 is 36.5 Å². The highest BCUT2D eigenvalue weighted by atomic mass is 35.5. The fourth-order valence-electron chi connectivity index (χ4n) is 4.46. The van der Waals surface area contributed by atoms with Gasteiger partial charge >= 0.3 is 20.7 Å². The SMILES string of the molecule is CN=CN(C)C1OC(COP(NC2(C(=O)OCc3ccccc3C(F)(F)F)CC2)Oc2ccc(Cl)cc2)CC1C. The summed E-state index contributed by atoms with van der Waals surface area (Å²) in [6, 6.07) is 11.7. The molecule has 40 heavy (non-hydrogen) atoms. The largest absolute Gasteiger partial charge is 0.459 e. The first kappa shape index (κ1) is 30.5. The van der Waals surface area contributed by atoms with Crippen LogP contribution < -0.4 is 9.61 Å². The van der Waals surface area contributed by atoms with Crippen LogP contribution >= 0.6 is 20.1 Å². The van der Waals surface area contributed by atoms with Crippen molar-refractivity contribution >= 4 is 32.4 Å². The molecule has 1 aliphatic heterocycles. The molecule has 2 aromatic rings. The van der Waals surface area contributed by atoms with Crippen molar-refractivity contribution in [3.63, 3.8) is 0 Å². The minimum atomic E-state index is -4.55. The van der Waals surface area contributed by atoms with Gasteiger partial charge in [-0.1, -0.05) is 36.7 Å². The molecule has 4 atom stereocenters. The number of nitrogens with zero attached hydrogens (tertiary/aromatic N) is 2. The topological polar surface area (TPSA) is 81.6 Å². The quantitative estimate of drug-likeness (QED) is 0.135. The van der Waals surface area contributed by atoms with Crippen LogP contribution in [0.3, 0.4) is 0 Å². The van der Waals surface area contributed by atoms with E-state index in [1.165, 1.54) is 18.2 Å². The second kappa shape index (κ2) is 13.0. The predicted octanol–water partition coefficient (Wildman–Crippen LogP) is 6.19. The molecule has 0 bridgehead atoms. The predicted molar refractivity (Wildman–Crippen MR) is 146 cm³/mol. The Morgan fingerprint density at radius 2 is 1.95 bits per heavy atom. The van der Waals surface area contributed by atoms with Crippen LogP contribution in [0.4, 0.5) is 13.2 Å². The van der Waals surface area contributed by atoms with Gasteiger partial charge in [0.2, 0.25) is 0 Å². The van der Waals surface area contributed by atoms with E-state index < -0.39 is 38.4 Å². The number of carbonyl (C=O) groups excluding carboxylic acids is 1. The van der Waals surface area contributed by atoms with Crippen LogP contribution in [0, 0.1) is 5.92 Å². The van der Waals surface area contributed by atoms with E-state index in [9.17, 15) is 18.0 Å². The number of hydrogen-bond acceptors (Lipinski definition) is 7. The Bertz CT molecular complexity index is 1180. The van der Waals surface area contributed by atoms with Gasteiger partial charge in [-0.25, -0.2) is 5.09 Å². The Labute approximate surface area is 237 Å². The van der Waals surface area contributed by atoms with E-state index in [0.717, 1.165) is 12.5 Å². The molecule has 4 rings (SSSR count). The lowest BCUT2D eigenvalue weighted by Gasteiger charge is -2.26. The molecular weight excluding hydrogens is 570 g/mol. The lowest BCUT2D eigenvalue weighted by atomic mass is 10.1. The molecule has 8 nitrogen and oxygen atoms in total. The highest BCUT2D eigenvalue weighted by Gasteiger charge is 2.54. The third-order valence-corrected chi connectivity index (χ3v) is 8.28. The van der Waals surface area contributed by atoms with Crippen molar-refractivity contribution in [1.29, 1.82) is 0 Å². The standard InChI is InChI=1S/C27H32ClF3N3O5P/c1-18-14-22(38-24(18)34(3)17-32-2)16-37-40(39-21-10-8-20(28)9-11-21)33-26(12-13-26)25(35)36-15-19-6-4-5-7-23(19)27(29,30)31/h4-11,17-18,22,24,33H,12-16H2,1-3H3.